The number of ether oxygens (including phenoxy) is 1. The Hall–Kier alpha value is -2.18. The van der Waals surface area contributed by atoms with E-state index in [0.717, 1.165) is 28.5 Å². The first kappa shape index (κ1) is 17.2. The SMILES string of the molecule is Cc1cccc2c1c(Cc1ccccc1)cn2[C@@H]1OC[C@@H](O)[C@H](O)[C@H]1O. The van der Waals surface area contributed by atoms with Gasteiger partial charge in [-0.25, -0.2) is 0 Å². The number of aromatic nitrogens is 1. The molecular weight excluding hydrogens is 330 g/mol. The summed E-state index contributed by atoms with van der Waals surface area (Å²) in [7, 11) is 0. The van der Waals surface area contributed by atoms with Gasteiger partial charge in [0.2, 0.25) is 0 Å². The highest BCUT2D eigenvalue weighted by atomic mass is 16.5. The number of aliphatic hydroxyl groups is 3. The van der Waals surface area contributed by atoms with Gasteiger partial charge in [0.15, 0.2) is 6.23 Å². The van der Waals surface area contributed by atoms with Crippen LogP contribution in [0.5, 0.6) is 0 Å². The maximum atomic E-state index is 10.4. The summed E-state index contributed by atoms with van der Waals surface area (Å²) in [5, 5.41) is 31.3. The van der Waals surface area contributed by atoms with E-state index in [2.05, 4.69) is 25.1 Å². The van der Waals surface area contributed by atoms with Gasteiger partial charge in [-0.15, -0.1) is 0 Å². The van der Waals surface area contributed by atoms with Crippen molar-refractivity contribution in [2.75, 3.05) is 6.61 Å². The highest BCUT2D eigenvalue weighted by molar-refractivity contribution is 5.87. The minimum Gasteiger partial charge on any atom is -0.388 e. The molecule has 0 bridgehead atoms. The van der Waals surface area contributed by atoms with Crippen molar-refractivity contribution in [3.63, 3.8) is 0 Å². The lowest BCUT2D eigenvalue weighted by Crippen LogP contribution is -2.50. The topological polar surface area (TPSA) is 74.9 Å². The molecule has 26 heavy (non-hydrogen) atoms. The number of hydrogen-bond donors (Lipinski definition) is 3. The Kier molecular flexibility index (Phi) is 4.54. The zero-order valence-corrected chi connectivity index (χ0v) is 14.6. The molecule has 2 heterocycles. The first-order valence-corrected chi connectivity index (χ1v) is 8.85. The summed E-state index contributed by atoms with van der Waals surface area (Å²) >= 11 is 0. The van der Waals surface area contributed by atoms with Gasteiger partial charge in [0, 0.05) is 11.6 Å². The van der Waals surface area contributed by atoms with Crippen molar-refractivity contribution in [1.29, 1.82) is 0 Å². The van der Waals surface area contributed by atoms with Gasteiger partial charge in [0.05, 0.1) is 12.1 Å². The second kappa shape index (κ2) is 6.85. The van der Waals surface area contributed by atoms with Gasteiger partial charge in [-0.3, -0.25) is 0 Å². The Morgan fingerprint density at radius 3 is 2.54 bits per heavy atom. The van der Waals surface area contributed by atoms with Crippen LogP contribution in [-0.4, -0.2) is 44.8 Å². The molecule has 1 fully saturated rings. The lowest BCUT2D eigenvalue weighted by molar-refractivity contribution is -0.209. The van der Waals surface area contributed by atoms with Crippen molar-refractivity contribution in [1.82, 2.24) is 4.57 Å². The maximum absolute atomic E-state index is 10.4. The lowest BCUT2D eigenvalue weighted by Gasteiger charge is -2.36. The Morgan fingerprint density at radius 2 is 1.77 bits per heavy atom. The van der Waals surface area contributed by atoms with Crippen molar-refractivity contribution < 1.29 is 20.1 Å². The summed E-state index contributed by atoms with van der Waals surface area (Å²) in [5.41, 5.74) is 4.44. The van der Waals surface area contributed by atoms with Crippen LogP contribution >= 0.6 is 0 Å². The Bertz CT molecular complexity index is 905. The number of benzene rings is 2. The maximum Gasteiger partial charge on any atom is 0.162 e. The molecule has 2 aromatic carbocycles. The number of fused-ring (bicyclic) bond motifs is 1. The van der Waals surface area contributed by atoms with Crippen molar-refractivity contribution in [3.8, 4) is 0 Å². The van der Waals surface area contributed by atoms with Crippen molar-refractivity contribution in [2.45, 2.75) is 37.9 Å². The van der Waals surface area contributed by atoms with E-state index in [1.165, 1.54) is 5.56 Å². The first-order valence-electron chi connectivity index (χ1n) is 8.85. The molecule has 5 heteroatoms. The summed E-state index contributed by atoms with van der Waals surface area (Å²) in [4.78, 5) is 0. The average Bonchev–Trinajstić information content (AvgIpc) is 3.00. The molecule has 1 aliphatic rings. The van der Waals surface area contributed by atoms with Crippen LogP contribution in [-0.2, 0) is 11.2 Å². The van der Waals surface area contributed by atoms with Gasteiger partial charge in [-0.2, -0.15) is 0 Å². The van der Waals surface area contributed by atoms with E-state index in [-0.39, 0.29) is 6.61 Å². The van der Waals surface area contributed by atoms with Crippen LogP contribution < -0.4 is 0 Å². The molecule has 0 spiro atoms. The second-order valence-corrected chi connectivity index (χ2v) is 6.97. The predicted molar refractivity (Wildman–Crippen MR) is 98.9 cm³/mol. The van der Waals surface area contributed by atoms with E-state index in [0.29, 0.717) is 0 Å². The number of rotatable bonds is 3. The molecule has 0 unspecified atom stereocenters. The largest absolute Gasteiger partial charge is 0.388 e. The fourth-order valence-corrected chi connectivity index (χ4v) is 3.78. The van der Waals surface area contributed by atoms with Gasteiger partial charge in [0.25, 0.3) is 0 Å². The fraction of sp³-hybridized carbons (Fsp3) is 0.333. The summed E-state index contributed by atoms with van der Waals surface area (Å²) in [6, 6.07) is 16.3. The molecule has 1 aliphatic heterocycles. The van der Waals surface area contributed by atoms with Crippen molar-refractivity contribution in [2.24, 2.45) is 0 Å². The molecule has 0 aliphatic carbocycles. The zero-order valence-electron chi connectivity index (χ0n) is 14.6. The predicted octanol–water partition coefficient (Wildman–Crippen LogP) is 2.15. The molecule has 1 saturated heterocycles. The van der Waals surface area contributed by atoms with Gasteiger partial charge < -0.3 is 24.6 Å². The summed E-state index contributed by atoms with van der Waals surface area (Å²) in [6.07, 6.45) is -1.48. The number of hydrogen-bond acceptors (Lipinski definition) is 4. The fourth-order valence-electron chi connectivity index (χ4n) is 3.78. The smallest absolute Gasteiger partial charge is 0.162 e. The van der Waals surface area contributed by atoms with E-state index in [9.17, 15) is 15.3 Å². The molecule has 4 rings (SSSR count). The third-order valence-electron chi connectivity index (χ3n) is 5.13. The van der Waals surface area contributed by atoms with E-state index < -0.39 is 24.5 Å². The van der Waals surface area contributed by atoms with E-state index >= 15 is 0 Å². The molecule has 3 aromatic rings. The average molecular weight is 353 g/mol. The Labute approximate surface area is 152 Å². The van der Waals surface area contributed by atoms with Crippen LogP contribution in [0.3, 0.4) is 0 Å². The van der Waals surface area contributed by atoms with Crippen LogP contribution in [0.25, 0.3) is 10.9 Å². The van der Waals surface area contributed by atoms with E-state index in [1.54, 1.807) is 0 Å². The molecule has 4 atom stereocenters. The highest BCUT2D eigenvalue weighted by Crippen LogP contribution is 2.33. The molecule has 1 aromatic heterocycles. The quantitative estimate of drug-likeness (QED) is 0.674. The summed E-state index contributed by atoms with van der Waals surface area (Å²) < 4.78 is 7.55. The molecule has 0 amide bonds. The van der Waals surface area contributed by atoms with Crippen molar-refractivity contribution in [3.05, 3.63) is 71.4 Å². The van der Waals surface area contributed by atoms with E-state index in [1.807, 2.05) is 41.1 Å². The van der Waals surface area contributed by atoms with Crippen LogP contribution in [0.4, 0.5) is 0 Å². The van der Waals surface area contributed by atoms with Crippen LogP contribution in [0, 0.1) is 6.92 Å². The van der Waals surface area contributed by atoms with Crippen LogP contribution in [0.1, 0.15) is 22.9 Å². The first-order chi connectivity index (χ1) is 12.6. The molecule has 3 N–H and O–H groups in total. The third-order valence-corrected chi connectivity index (χ3v) is 5.13. The summed E-state index contributed by atoms with van der Waals surface area (Å²) in [6.45, 7) is 2.06. The Morgan fingerprint density at radius 1 is 1.00 bits per heavy atom. The molecule has 0 saturated carbocycles. The molecule has 5 nitrogen and oxygen atoms in total. The highest BCUT2D eigenvalue weighted by Gasteiger charge is 2.39. The number of aryl methyl sites for hydroxylation is 1. The van der Waals surface area contributed by atoms with Crippen LogP contribution in [0.15, 0.2) is 54.7 Å². The lowest BCUT2D eigenvalue weighted by atomic mass is 10.0. The summed E-state index contributed by atoms with van der Waals surface area (Å²) in [5.74, 6) is 0. The Balaban J connectivity index is 1.80. The zero-order chi connectivity index (χ0) is 18.3. The van der Waals surface area contributed by atoms with Gasteiger partial charge in [-0.1, -0.05) is 42.5 Å². The monoisotopic (exact) mass is 353 g/mol. The van der Waals surface area contributed by atoms with Gasteiger partial charge >= 0.3 is 0 Å². The number of aliphatic hydroxyl groups excluding tert-OH is 3. The number of nitrogens with zero attached hydrogens (tertiary/aromatic N) is 1. The normalized spacial score (nSPS) is 26.3. The second-order valence-electron chi connectivity index (χ2n) is 6.97. The molecular formula is C21H23NO4. The molecule has 136 valence electrons. The minimum absolute atomic E-state index is 0.0115. The van der Waals surface area contributed by atoms with Gasteiger partial charge in [0.1, 0.15) is 18.3 Å². The van der Waals surface area contributed by atoms with Gasteiger partial charge in [-0.05, 0) is 36.1 Å². The molecule has 0 radical (unpaired) electrons. The third kappa shape index (κ3) is 2.93. The van der Waals surface area contributed by atoms with E-state index in [4.69, 9.17) is 4.74 Å². The van der Waals surface area contributed by atoms with Crippen LogP contribution in [0.2, 0.25) is 0 Å². The van der Waals surface area contributed by atoms with Crippen molar-refractivity contribution >= 4 is 10.9 Å². The standard InChI is InChI=1S/C21H23NO4/c1-13-6-5-9-16-18(13)15(10-14-7-3-2-4-8-14)11-22(16)21-20(25)19(24)17(23)12-26-21/h2-9,11,17,19-21,23-25H,10,12H2,1H3/t17-,19+,20-,21-/m1/s1. The minimum atomic E-state index is -1.23.